The fourth-order valence-corrected chi connectivity index (χ4v) is 3.74. The molecule has 1 heterocycles. The van der Waals surface area contributed by atoms with Gasteiger partial charge in [0.25, 0.3) is 0 Å². The summed E-state index contributed by atoms with van der Waals surface area (Å²) in [5.74, 6) is 1.04. The number of carbonyl (C=O) groups excluding carboxylic acids is 1. The molecule has 1 aromatic heterocycles. The second-order valence-electron chi connectivity index (χ2n) is 5.88. The van der Waals surface area contributed by atoms with E-state index in [2.05, 4.69) is 29.4 Å². The van der Waals surface area contributed by atoms with E-state index in [1.807, 2.05) is 19.1 Å². The molecule has 0 atom stereocenters. The van der Waals surface area contributed by atoms with Crippen molar-refractivity contribution in [3.8, 4) is 11.5 Å². The minimum Gasteiger partial charge on any atom is -0.493 e. The van der Waals surface area contributed by atoms with Gasteiger partial charge in [-0.05, 0) is 54.8 Å². The fraction of sp³-hybridized carbons (Fsp3) is 0.200. The summed E-state index contributed by atoms with van der Waals surface area (Å²) in [6, 6.07) is 9.64. The fourth-order valence-electron chi connectivity index (χ4n) is 2.70. The molecule has 0 saturated carbocycles. The summed E-state index contributed by atoms with van der Waals surface area (Å²) in [7, 11) is 3.16. The second-order valence-corrected chi connectivity index (χ2v) is 6.92. The van der Waals surface area contributed by atoms with Crippen molar-refractivity contribution in [2.24, 2.45) is 0 Å². The third-order valence-corrected chi connectivity index (χ3v) is 4.81. The number of benzene rings is 2. The minimum absolute atomic E-state index is 0.229. The van der Waals surface area contributed by atoms with Gasteiger partial charge in [-0.1, -0.05) is 23.5 Å². The lowest BCUT2D eigenvalue weighted by molar-refractivity contribution is -0.111. The monoisotopic (exact) mass is 368 g/mol. The highest BCUT2D eigenvalue weighted by Gasteiger charge is 2.09. The molecule has 6 heteroatoms. The largest absolute Gasteiger partial charge is 0.493 e. The van der Waals surface area contributed by atoms with Gasteiger partial charge in [0, 0.05) is 6.08 Å². The first-order valence-corrected chi connectivity index (χ1v) is 8.90. The first kappa shape index (κ1) is 17.9. The van der Waals surface area contributed by atoms with Crippen LogP contribution in [0.4, 0.5) is 5.13 Å². The van der Waals surface area contributed by atoms with Crippen molar-refractivity contribution in [1.82, 2.24) is 4.98 Å². The predicted molar refractivity (Wildman–Crippen MR) is 106 cm³/mol. The van der Waals surface area contributed by atoms with Crippen molar-refractivity contribution in [2.45, 2.75) is 13.8 Å². The number of hydrogen-bond donors (Lipinski definition) is 1. The van der Waals surface area contributed by atoms with Gasteiger partial charge in [0.15, 0.2) is 16.6 Å². The number of amides is 1. The quantitative estimate of drug-likeness (QED) is 0.670. The molecule has 0 saturated heterocycles. The Bertz CT molecular complexity index is 992. The number of nitrogens with zero attached hydrogens (tertiary/aromatic N) is 1. The number of methoxy groups -OCH3 is 2. The van der Waals surface area contributed by atoms with Crippen LogP contribution in [0.5, 0.6) is 11.5 Å². The number of aromatic nitrogens is 1. The highest BCUT2D eigenvalue weighted by atomic mass is 32.1. The van der Waals surface area contributed by atoms with Gasteiger partial charge >= 0.3 is 0 Å². The lowest BCUT2D eigenvalue weighted by atomic mass is 10.1. The molecule has 0 unspecified atom stereocenters. The van der Waals surface area contributed by atoms with Crippen LogP contribution in [-0.4, -0.2) is 25.1 Å². The van der Waals surface area contributed by atoms with E-state index in [-0.39, 0.29) is 5.91 Å². The van der Waals surface area contributed by atoms with E-state index in [1.54, 1.807) is 26.4 Å². The summed E-state index contributed by atoms with van der Waals surface area (Å²) in [6.45, 7) is 4.08. The molecule has 3 rings (SSSR count). The van der Waals surface area contributed by atoms with Crippen LogP contribution in [0, 0.1) is 13.8 Å². The molecule has 0 spiro atoms. The molecular weight excluding hydrogens is 348 g/mol. The summed E-state index contributed by atoms with van der Waals surface area (Å²) < 4.78 is 11.5. The summed E-state index contributed by atoms with van der Waals surface area (Å²) in [5, 5.41) is 3.42. The third-order valence-electron chi connectivity index (χ3n) is 3.89. The number of nitrogens with one attached hydrogen (secondary N) is 1. The maximum atomic E-state index is 12.2. The van der Waals surface area contributed by atoms with E-state index >= 15 is 0 Å². The average Bonchev–Trinajstić information content (AvgIpc) is 3.02. The Morgan fingerprint density at radius 2 is 1.88 bits per heavy atom. The Morgan fingerprint density at radius 1 is 1.12 bits per heavy atom. The molecular formula is C20H20N2O3S. The number of hydrogen-bond acceptors (Lipinski definition) is 5. The Balaban J connectivity index is 1.74. The summed E-state index contributed by atoms with van der Waals surface area (Å²) >= 11 is 1.47. The van der Waals surface area contributed by atoms with E-state index in [0.717, 1.165) is 21.3 Å². The Morgan fingerprint density at radius 3 is 2.62 bits per heavy atom. The van der Waals surface area contributed by atoms with Crippen LogP contribution in [0.25, 0.3) is 16.3 Å². The molecule has 0 aliphatic heterocycles. The van der Waals surface area contributed by atoms with Crippen molar-refractivity contribution in [2.75, 3.05) is 19.5 Å². The predicted octanol–water partition coefficient (Wildman–Crippen LogP) is 4.58. The van der Waals surface area contributed by atoms with Crippen LogP contribution in [0.2, 0.25) is 0 Å². The number of anilines is 1. The first-order chi connectivity index (χ1) is 12.5. The van der Waals surface area contributed by atoms with E-state index in [9.17, 15) is 4.79 Å². The van der Waals surface area contributed by atoms with Crippen LogP contribution >= 0.6 is 11.3 Å². The smallest absolute Gasteiger partial charge is 0.250 e. The normalized spacial score (nSPS) is 11.1. The molecule has 0 bridgehead atoms. The van der Waals surface area contributed by atoms with Crippen LogP contribution in [-0.2, 0) is 4.79 Å². The minimum atomic E-state index is -0.229. The molecule has 0 fully saturated rings. The molecule has 0 aliphatic carbocycles. The zero-order chi connectivity index (χ0) is 18.7. The lowest BCUT2D eigenvalue weighted by Gasteiger charge is -2.07. The summed E-state index contributed by atoms with van der Waals surface area (Å²) in [5.41, 5.74) is 4.07. The van der Waals surface area contributed by atoms with Gasteiger partial charge in [-0.25, -0.2) is 4.98 Å². The molecule has 1 N–H and O–H groups in total. The standard InChI is InChI=1S/C20H20N2O3S/c1-12-9-13(2)19-17(10-12)26-20(22-19)21-18(23)8-6-14-5-7-15(24-3)16(11-14)25-4/h5-11H,1-4H3,(H,21,22,23)/b8-6+. The van der Waals surface area contributed by atoms with Crippen LogP contribution in [0.3, 0.4) is 0 Å². The maximum Gasteiger partial charge on any atom is 0.250 e. The van der Waals surface area contributed by atoms with Crippen molar-refractivity contribution in [1.29, 1.82) is 0 Å². The molecule has 5 nitrogen and oxygen atoms in total. The van der Waals surface area contributed by atoms with Crippen LogP contribution in [0.1, 0.15) is 16.7 Å². The molecule has 134 valence electrons. The number of ether oxygens (including phenoxy) is 2. The maximum absolute atomic E-state index is 12.2. The zero-order valence-electron chi connectivity index (χ0n) is 15.1. The van der Waals surface area contributed by atoms with E-state index in [4.69, 9.17) is 9.47 Å². The Kier molecular flexibility index (Phi) is 5.23. The lowest BCUT2D eigenvalue weighted by Crippen LogP contribution is -2.07. The Hall–Kier alpha value is -2.86. The van der Waals surface area contributed by atoms with Gasteiger partial charge in [-0.3, -0.25) is 10.1 Å². The molecule has 0 radical (unpaired) electrons. The van der Waals surface area contributed by atoms with Crippen molar-refractivity contribution < 1.29 is 14.3 Å². The second kappa shape index (κ2) is 7.58. The molecule has 2 aromatic carbocycles. The van der Waals surface area contributed by atoms with E-state index in [1.165, 1.54) is 23.0 Å². The molecule has 0 aliphatic rings. The zero-order valence-corrected chi connectivity index (χ0v) is 15.9. The molecule has 26 heavy (non-hydrogen) atoms. The molecule has 1 amide bonds. The van der Waals surface area contributed by atoms with Crippen LogP contribution < -0.4 is 14.8 Å². The SMILES string of the molecule is COc1ccc(/C=C/C(=O)Nc2nc3c(C)cc(C)cc3s2)cc1OC. The van der Waals surface area contributed by atoms with Crippen molar-refractivity contribution in [3.63, 3.8) is 0 Å². The number of thiazole rings is 1. The van der Waals surface area contributed by atoms with Gasteiger partial charge in [0.05, 0.1) is 24.4 Å². The van der Waals surface area contributed by atoms with Crippen molar-refractivity contribution in [3.05, 3.63) is 53.1 Å². The summed E-state index contributed by atoms with van der Waals surface area (Å²) in [6.07, 6.45) is 3.20. The van der Waals surface area contributed by atoms with Gasteiger partial charge in [0.1, 0.15) is 0 Å². The average molecular weight is 368 g/mol. The van der Waals surface area contributed by atoms with Crippen LogP contribution in [0.15, 0.2) is 36.4 Å². The summed E-state index contributed by atoms with van der Waals surface area (Å²) in [4.78, 5) is 16.7. The van der Waals surface area contributed by atoms with Crippen molar-refractivity contribution >= 4 is 38.7 Å². The van der Waals surface area contributed by atoms with E-state index < -0.39 is 0 Å². The third kappa shape index (κ3) is 3.86. The highest BCUT2D eigenvalue weighted by Crippen LogP contribution is 2.30. The van der Waals surface area contributed by atoms with Gasteiger partial charge < -0.3 is 9.47 Å². The number of carbonyl (C=O) groups is 1. The highest BCUT2D eigenvalue weighted by molar-refractivity contribution is 7.22. The topological polar surface area (TPSA) is 60.5 Å². The van der Waals surface area contributed by atoms with E-state index in [0.29, 0.717) is 16.6 Å². The van der Waals surface area contributed by atoms with Gasteiger partial charge in [0.2, 0.25) is 5.91 Å². The first-order valence-electron chi connectivity index (χ1n) is 8.09. The van der Waals surface area contributed by atoms with Gasteiger partial charge in [-0.15, -0.1) is 0 Å². The number of fused-ring (bicyclic) bond motifs is 1. The number of rotatable bonds is 5. The van der Waals surface area contributed by atoms with Gasteiger partial charge in [-0.2, -0.15) is 0 Å². The Labute approximate surface area is 156 Å². The molecule has 3 aromatic rings. The number of aryl methyl sites for hydroxylation is 2.